The van der Waals surface area contributed by atoms with Gasteiger partial charge in [0, 0.05) is 19.8 Å². The molecule has 0 unspecified atom stereocenters. The number of carbonyl (C=O) groups excluding carboxylic acids is 1. The molecule has 1 atom stereocenters. The zero-order valence-electron chi connectivity index (χ0n) is 13.5. The minimum Gasteiger partial charge on any atom is -0.373 e. The Morgan fingerprint density at radius 3 is 3.17 bits per heavy atom. The number of aromatic nitrogens is 3. The lowest BCUT2D eigenvalue weighted by Gasteiger charge is -2.25. The van der Waals surface area contributed by atoms with Gasteiger partial charge in [0.2, 0.25) is 0 Å². The van der Waals surface area contributed by atoms with Crippen molar-refractivity contribution in [2.75, 3.05) is 18.9 Å². The molecule has 3 heterocycles. The molecule has 0 aromatic carbocycles. The predicted molar refractivity (Wildman–Crippen MR) is 90.7 cm³/mol. The van der Waals surface area contributed by atoms with Crippen LogP contribution in [-0.2, 0) is 6.42 Å². The van der Waals surface area contributed by atoms with Crippen LogP contribution in [0.3, 0.4) is 0 Å². The summed E-state index contributed by atoms with van der Waals surface area (Å²) in [5.74, 6) is 0.890. The summed E-state index contributed by atoms with van der Waals surface area (Å²) in [4.78, 5) is 19.9. The van der Waals surface area contributed by atoms with Crippen molar-refractivity contribution in [3.8, 4) is 0 Å². The molecule has 1 saturated heterocycles. The highest BCUT2D eigenvalue weighted by Crippen LogP contribution is 2.34. The van der Waals surface area contributed by atoms with Crippen LogP contribution in [0.2, 0.25) is 0 Å². The van der Waals surface area contributed by atoms with Gasteiger partial charge < -0.3 is 10.2 Å². The van der Waals surface area contributed by atoms with Crippen molar-refractivity contribution in [1.82, 2.24) is 19.5 Å². The molecule has 0 saturated carbocycles. The fourth-order valence-electron chi connectivity index (χ4n) is 3.05. The van der Waals surface area contributed by atoms with E-state index in [1.807, 2.05) is 24.1 Å². The third-order valence-electron chi connectivity index (χ3n) is 4.18. The van der Waals surface area contributed by atoms with Crippen molar-refractivity contribution >= 4 is 23.3 Å². The van der Waals surface area contributed by atoms with Crippen LogP contribution in [-0.4, -0.2) is 39.0 Å². The lowest BCUT2D eigenvalue weighted by atomic mass is 10.1. The molecule has 2 aromatic rings. The number of anilines is 1. The number of nitrogens with one attached hydrogen (secondary N) is 1. The number of amides is 1. The van der Waals surface area contributed by atoms with Gasteiger partial charge in [-0.2, -0.15) is 0 Å². The van der Waals surface area contributed by atoms with E-state index in [9.17, 15) is 4.79 Å². The van der Waals surface area contributed by atoms with E-state index < -0.39 is 0 Å². The van der Waals surface area contributed by atoms with E-state index >= 15 is 0 Å². The van der Waals surface area contributed by atoms with Crippen molar-refractivity contribution < 1.29 is 4.79 Å². The minimum absolute atomic E-state index is 0.0637. The van der Waals surface area contributed by atoms with Crippen LogP contribution < -0.4 is 5.32 Å². The van der Waals surface area contributed by atoms with Crippen LogP contribution in [0.5, 0.6) is 0 Å². The zero-order valence-corrected chi connectivity index (χ0v) is 14.3. The smallest absolute Gasteiger partial charge is 0.268 e. The maximum atomic E-state index is 13.0. The minimum atomic E-state index is 0.0637. The fourth-order valence-corrected chi connectivity index (χ4v) is 3.71. The first kappa shape index (κ1) is 15.9. The summed E-state index contributed by atoms with van der Waals surface area (Å²) in [5.41, 5.74) is 1.96. The first-order valence-corrected chi connectivity index (χ1v) is 8.77. The highest BCUT2D eigenvalue weighted by molar-refractivity contribution is 7.08. The van der Waals surface area contributed by atoms with Crippen molar-refractivity contribution in [1.29, 1.82) is 0 Å². The molecule has 1 amide bonds. The molecule has 0 bridgehead atoms. The normalized spacial score (nSPS) is 17.5. The number of hydrogen-bond acceptors (Lipinski definition) is 6. The van der Waals surface area contributed by atoms with Crippen LogP contribution in [0.4, 0.5) is 5.82 Å². The quantitative estimate of drug-likeness (QED) is 0.912. The van der Waals surface area contributed by atoms with Gasteiger partial charge in [-0.15, -0.1) is 5.10 Å². The molecule has 0 spiro atoms. The van der Waals surface area contributed by atoms with Gasteiger partial charge in [0.05, 0.1) is 11.7 Å². The van der Waals surface area contributed by atoms with Crippen LogP contribution >= 0.6 is 11.5 Å². The third-order valence-corrected chi connectivity index (χ3v) is 4.93. The van der Waals surface area contributed by atoms with E-state index in [0.717, 1.165) is 49.3 Å². The Balaban J connectivity index is 1.86. The zero-order chi connectivity index (χ0) is 16.2. The van der Waals surface area contributed by atoms with Gasteiger partial charge in [-0.05, 0) is 48.5 Å². The van der Waals surface area contributed by atoms with E-state index in [-0.39, 0.29) is 11.9 Å². The standard InChI is InChI=1S/C16H21N5OS/c1-3-5-12-15(23-20-19-12)16(22)21-9-4-6-13(21)11-7-8-18-14(10-11)17-2/h7-8,10,13H,3-6,9H2,1-2H3,(H,17,18)/t13-/m1/s1. The Bertz CT molecular complexity index is 687. The average molecular weight is 331 g/mol. The Morgan fingerprint density at radius 2 is 2.39 bits per heavy atom. The van der Waals surface area contributed by atoms with E-state index in [1.54, 1.807) is 6.20 Å². The molecular weight excluding hydrogens is 310 g/mol. The maximum Gasteiger partial charge on any atom is 0.268 e. The number of nitrogens with zero attached hydrogens (tertiary/aromatic N) is 4. The summed E-state index contributed by atoms with van der Waals surface area (Å²) in [7, 11) is 1.85. The Kier molecular flexibility index (Phi) is 4.85. The molecule has 7 heteroatoms. The van der Waals surface area contributed by atoms with Crippen molar-refractivity contribution in [3.63, 3.8) is 0 Å². The van der Waals surface area contributed by atoms with Crippen LogP contribution in [0.25, 0.3) is 0 Å². The number of likely N-dealkylation sites (tertiary alicyclic amines) is 1. The third kappa shape index (κ3) is 3.19. The SMILES string of the molecule is CCCc1nnsc1C(=O)N1CCC[C@@H]1c1ccnc(NC)c1. The van der Waals surface area contributed by atoms with Gasteiger partial charge in [0.1, 0.15) is 10.7 Å². The second kappa shape index (κ2) is 7.04. The molecule has 3 rings (SSSR count). The van der Waals surface area contributed by atoms with Crippen molar-refractivity contribution in [2.24, 2.45) is 0 Å². The van der Waals surface area contributed by atoms with Crippen LogP contribution in [0.1, 0.15) is 53.2 Å². The molecule has 23 heavy (non-hydrogen) atoms. The van der Waals surface area contributed by atoms with Crippen molar-refractivity contribution in [2.45, 2.75) is 38.6 Å². The number of rotatable bonds is 5. The summed E-state index contributed by atoms with van der Waals surface area (Å²) in [6, 6.07) is 4.12. The Labute approximate surface area is 140 Å². The molecule has 1 N–H and O–H groups in total. The first-order chi connectivity index (χ1) is 11.2. The predicted octanol–water partition coefficient (Wildman–Crippen LogP) is 2.90. The molecule has 1 aliphatic heterocycles. The van der Waals surface area contributed by atoms with Gasteiger partial charge >= 0.3 is 0 Å². The van der Waals surface area contributed by atoms with E-state index in [0.29, 0.717) is 4.88 Å². The highest BCUT2D eigenvalue weighted by Gasteiger charge is 2.33. The molecule has 0 radical (unpaired) electrons. The van der Waals surface area contributed by atoms with E-state index in [4.69, 9.17) is 0 Å². The second-order valence-corrected chi connectivity index (χ2v) is 6.43. The molecule has 1 fully saturated rings. The number of pyridine rings is 1. The first-order valence-electron chi connectivity index (χ1n) is 8.00. The fraction of sp³-hybridized carbons (Fsp3) is 0.500. The van der Waals surface area contributed by atoms with Gasteiger partial charge in [0.25, 0.3) is 5.91 Å². The number of aryl methyl sites for hydroxylation is 1. The van der Waals surface area contributed by atoms with E-state index in [1.165, 1.54) is 11.5 Å². The largest absolute Gasteiger partial charge is 0.373 e. The van der Waals surface area contributed by atoms with Gasteiger partial charge in [-0.1, -0.05) is 17.8 Å². The molecule has 6 nitrogen and oxygen atoms in total. The lowest BCUT2D eigenvalue weighted by molar-refractivity contribution is 0.0739. The highest BCUT2D eigenvalue weighted by atomic mass is 32.1. The summed E-state index contributed by atoms with van der Waals surface area (Å²) in [6.07, 6.45) is 5.55. The van der Waals surface area contributed by atoms with E-state index in [2.05, 4.69) is 26.8 Å². The Hall–Kier alpha value is -2.02. The second-order valence-electron chi connectivity index (χ2n) is 5.68. The monoisotopic (exact) mass is 331 g/mol. The molecule has 2 aromatic heterocycles. The molecule has 0 aliphatic carbocycles. The Morgan fingerprint density at radius 1 is 1.52 bits per heavy atom. The topological polar surface area (TPSA) is 71.0 Å². The van der Waals surface area contributed by atoms with Gasteiger partial charge in [-0.25, -0.2) is 4.98 Å². The number of carbonyl (C=O) groups is 1. The molecule has 122 valence electrons. The van der Waals surface area contributed by atoms with Crippen LogP contribution in [0, 0.1) is 0 Å². The molecule has 1 aliphatic rings. The molecular formula is C16H21N5OS. The van der Waals surface area contributed by atoms with Gasteiger partial charge in [0.15, 0.2) is 0 Å². The summed E-state index contributed by atoms with van der Waals surface area (Å²) in [6.45, 7) is 2.87. The van der Waals surface area contributed by atoms with Gasteiger partial charge in [-0.3, -0.25) is 4.79 Å². The lowest BCUT2D eigenvalue weighted by Crippen LogP contribution is -2.30. The summed E-state index contributed by atoms with van der Waals surface area (Å²) in [5, 5.41) is 7.18. The summed E-state index contributed by atoms with van der Waals surface area (Å²) < 4.78 is 3.98. The number of hydrogen-bond donors (Lipinski definition) is 1. The summed E-state index contributed by atoms with van der Waals surface area (Å²) >= 11 is 1.21. The van der Waals surface area contributed by atoms with Crippen LogP contribution in [0.15, 0.2) is 18.3 Å². The van der Waals surface area contributed by atoms with Crippen molar-refractivity contribution in [3.05, 3.63) is 34.5 Å². The average Bonchev–Trinajstić information content (AvgIpc) is 3.24. The maximum absolute atomic E-state index is 13.0.